The molecule has 0 aliphatic rings. The normalized spacial score (nSPS) is 9.89. The first-order valence-corrected chi connectivity index (χ1v) is 5.80. The summed E-state index contributed by atoms with van der Waals surface area (Å²) in [5.41, 5.74) is 1.53. The molecule has 0 saturated heterocycles. The van der Waals surface area contributed by atoms with Crippen molar-refractivity contribution >= 4 is 5.76 Å². The summed E-state index contributed by atoms with van der Waals surface area (Å²) in [5, 5.41) is 11.7. The number of nitriles is 1. The third-order valence-corrected chi connectivity index (χ3v) is 2.59. The predicted molar refractivity (Wildman–Crippen MR) is 71.8 cm³/mol. The van der Waals surface area contributed by atoms with Gasteiger partial charge < -0.3 is 4.74 Å². The minimum Gasteiger partial charge on any atom is -0.492 e. The van der Waals surface area contributed by atoms with Crippen LogP contribution in [0.4, 0.5) is 0 Å². The Morgan fingerprint density at radius 2 is 2.16 bits per heavy atom. The van der Waals surface area contributed by atoms with E-state index in [1.165, 1.54) is 10.7 Å². The van der Waals surface area contributed by atoms with Crippen LogP contribution in [-0.4, -0.2) is 16.4 Å². The van der Waals surface area contributed by atoms with Crippen molar-refractivity contribution in [3.8, 4) is 11.8 Å². The molecule has 2 aromatic rings. The Balaban J connectivity index is 2.37. The van der Waals surface area contributed by atoms with E-state index in [-0.39, 0.29) is 5.56 Å². The van der Waals surface area contributed by atoms with Gasteiger partial charge in [-0.25, -0.2) is 4.68 Å². The third kappa shape index (κ3) is 2.58. The van der Waals surface area contributed by atoms with E-state index >= 15 is 0 Å². The summed E-state index contributed by atoms with van der Waals surface area (Å²) in [7, 11) is 0. The van der Waals surface area contributed by atoms with Gasteiger partial charge in [0.25, 0.3) is 5.56 Å². The molecule has 96 valence electrons. The fraction of sp³-hybridized carbons (Fsp3) is 0.143. The molecule has 2 rings (SSSR count). The second kappa shape index (κ2) is 5.27. The summed E-state index contributed by atoms with van der Waals surface area (Å²) < 4.78 is 6.62. The summed E-state index contributed by atoms with van der Waals surface area (Å²) in [6.07, 6.45) is 0. The Morgan fingerprint density at radius 1 is 1.47 bits per heavy atom. The molecule has 0 radical (unpaired) electrons. The highest BCUT2D eigenvalue weighted by Crippen LogP contribution is 2.11. The summed E-state index contributed by atoms with van der Waals surface area (Å²) in [6.45, 7) is 6.08. The van der Waals surface area contributed by atoms with Gasteiger partial charge in [0.15, 0.2) is 0 Å². The molecule has 0 saturated carbocycles. The monoisotopic (exact) mass is 255 g/mol. The zero-order chi connectivity index (χ0) is 13.8. The molecular formula is C14H13N3O2. The maximum Gasteiger partial charge on any atom is 0.271 e. The fourth-order valence-electron chi connectivity index (χ4n) is 1.67. The third-order valence-electron chi connectivity index (χ3n) is 2.59. The smallest absolute Gasteiger partial charge is 0.271 e. The predicted octanol–water partition coefficient (Wildman–Crippen LogP) is 2.04. The number of hydrogen-bond acceptors (Lipinski definition) is 3. The van der Waals surface area contributed by atoms with Gasteiger partial charge in [-0.2, -0.15) is 5.26 Å². The highest BCUT2D eigenvalue weighted by molar-refractivity contribution is 5.53. The first kappa shape index (κ1) is 12.7. The number of H-pyrrole nitrogens is 1. The highest BCUT2D eigenvalue weighted by atomic mass is 16.5. The molecule has 1 heterocycles. The molecule has 0 atom stereocenters. The Labute approximate surface area is 110 Å². The van der Waals surface area contributed by atoms with Gasteiger partial charge in [-0.05, 0) is 31.2 Å². The first-order valence-electron chi connectivity index (χ1n) is 5.80. The van der Waals surface area contributed by atoms with E-state index in [1.807, 2.05) is 13.0 Å². The van der Waals surface area contributed by atoms with Crippen molar-refractivity contribution in [1.29, 1.82) is 5.26 Å². The molecule has 0 bridgehead atoms. The average Bonchev–Trinajstić information content (AvgIpc) is 2.81. The molecule has 0 aliphatic carbocycles. The van der Waals surface area contributed by atoms with Crippen LogP contribution in [0.15, 0.2) is 41.7 Å². The van der Waals surface area contributed by atoms with Gasteiger partial charge >= 0.3 is 0 Å². The van der Waals surface area contributed by atoms with Crippen LogP contribution in [-0.2, 0) is 4.74 Å². The van der Waals surface area contributed by atoms with Crippen molar-refractivity contribution < 1.29 is 4.74 Å². The number of aromatic amines is 1. The number of benzene rings is 1. The Hall–Kier alpha value is -2.74. The van der Waals surface area contributed by atoms with Crippen LogP contribution in [0, 0.1) is 11.3 Å². The summed E-state index contributed by atoms with van der Waals surface area (Å²) in [5.74, 6) is 0.423. The van der Waals surface area contributed by atoms with Crippen molar-refractivity contribution in [3.63, 3.8) is 0 Å². The van der Waals surface area contributed by atoms with Crippen LogP contribution in [0.2, 0.25) is 0 Å². The molecular weight excluding hydrogens is 242 g/mol. The molecule has 5 heteroatoms. The Bertz CT molecular complexity index is 687. The van der Waals surface area contributed by atoms with Gasteiger partial charge in [0.2, 0.25) is 0 Å². The topological polar surface area (TPSA) is 70.8 Å². The maximum atomic E-state index is 11.9. The molecule has 0 fully saturated rings. The molecule has 0 spiro atoms. The highest BCUT2D eigenvalue weighted by Gasteiger charge is 2.08. The van der Waals surface area contributed by atoms with Gasteiger partial charge in [0, 0.05) is 6.07 Å². The number of nitrogens with zero attached hydrogens (tertiary/aromatic N) is 2. The van der Waals surface area contributed by atoms with E-state index in [0.29, 0.717) is 29.3 Å². The van der Waals surface area contributed by atoms with Gasteiger partial charge in [0.05, 0.1) is 23.9 Å². The van der Waals surface area contributed by atoms with Crippen molar-refractivity contribution in [1.82, 2.24) is 9.78 Å². The molecule has 5 nitrogen and oxygen atoms in total. The first-order chi connectivity index (χ1) is 9.15. The van der Waals surface area contributed by atoms with Crippen LogP contribution in [0.1, 0.15) is 18.2 Å². The van der Waals surface area contributed by atoms with Crippen molar-refractivity contribution in [2.45, 2.75) is 6.92 Å². The molecule has 1 aromatic carbocycles. The largest absolute Gasteiger partial charge is 0.492 e. The minimum absolute atomic E-state index is 0.208. The lowest BCUT2D eigenvalue weighted by atomic mass is 10.2. The van der Waals surface area contributed by atoms with Crippen LogP contribution >= 0.6 is 0 Å². The zero-order valence-electron chi connectivity index (χ0n) is 10.5. The summed E-state index contributed by atoms with van der Waals surface area (Å²) in [4.78, 5) is 11.9. The molecule has 0 amide bonds. The number of aromatic nitrogens is 2. The fourth-order valence-corrected chi connectivity index (χ4v) is 1.67. The van der Waals surface area contributed by atoms with Gasteiger partial charge in [-0.15, -0.1) is 0 Å². The molecule has 0 aliphatic heterocycles. The summed E-state index contributed by atoms with van der Waals surface area (Å²) >= 11 is 0. The molecule has 1 aromatic heterocycles. The SMILES string of the molecule is C=C(OCC)c1cc(=O)n(-c2ccc(C#N)cc2)[nH]1. The lowest BCUT2D eigenvalue weighted by Crippen LogP contribution is -2.13. The van der Waals surface area contributed by atoms with Crippen molar-refractivity contribution in [3.05, 3.63) is 58.5 Å². The van der Waals surface area contributed by atoms with E-state index in [2.05, 4.69) is 11.7 Å². The molecule has 1 N–H and O–H groups in total. The molecule has 0 unspecified atom stereocenters. The van der Waals surface area contributed by atoms with Crippen molar-refractivity contribution in [2.24, 2.45) is 0 Å². The van der Waals surface area contributed by atoms with Crippen LogP contribution < -0.4 is 5.56 Å². The number of rotatable bonds is 4. The van der Waals surface area contributed by atoms with E-state index in [0.717, 1.165) is 0 Å². The number of ether oxygens (including phenoxy) is 1. The minimum atomic E-state index is -0.208. The summed E-state index contributed by atoms with van der Waals surface area (Å²) in [6, 6.07) is 10.2. The second-order valence-electron chi connectivity index (χ2n) is 3.86. The quantitative estimate of drug-likeness (QED) is 0.850. The van der Waals surface area contributed by atoms with E-state index < -0.39 is 0 Å². The van der Waals surface area contributed by atoms with Gasteiger partial charge in [-0.1, -0.05) is 6.58 Å². The molecule has 19 heavy (non-hydrogen) atoms. The standard InChI is InChI=1S/C14H13N3O2/c1-3-19-10(2)13-8-14(18)17(16-13)12-6-4-11(9-15)5-7-12/h4-8,16H,2-3H2,1H3. The van der Waals surface area contributed by atoms with Crippen LogP contribution in [0.25, 0.3) is 11.4 Å². The lowest BCUT2D eigenvalue weighted by molar-refractivity contribution is 0.297. The zero-order valence-corrected chi connectivity index (χ0v) is 10.5. The van der Waals surface area contributed by atoms with Crippen LogP contribution in [0.3, 0.4) is 0 Å². The average molecular weight is 255 g/mol. The Morgan fingerprint density at radius 3 is 2.74 bits per heavy atom. The number of hydrogen-bond donors (Lipinski definition) is 1. The van der Waals surface area contributed by atoms with Crippen LogP contribution in [0.5, 0.6) is 0 Å². The maximum absolute atomic E-state index is 11.9. The lowest BCUT2D eigenvalue weighted by Gasteiger charge is -2.04. The van der Waals surface area contributed by atoms with E-state index in [9.17, 15) is 4.79 Å². The number of nitrogens with one attached hydrogen (secondary N) is 1. The van der Waals surface area contributed by atoms with Crippen molar-refractivity contribution in [2.75, 3.05) is 6.61 Å². The van der Waals surface area contributed by atoms with Gasteiger partial charge in [-0.3, -0.25) is 9.89 Å². The van der Waals surface area contributed by atoms with Gasteiger partial charge in [0.1, 0.15) is 11.5 Å². The van der Waals surface area contributed by atoms with E-state index in [1.54, 1.807) is 24.3 Å². The second-order valence-corrected chi connectivity index (χ2v) is 3.86. The van der Waals surface area contributed by atoms with E-state index in [4.69, 9.17) is 10.00 Å². The Kier molecular flexibility index (Phi) is 3.53.